The number of rotatable bonds is 4. The number of nitrogens with zero attached hydrogens (tertiary/aromatic N) is 4. The topological polar surface area (TPSA) is 65.6 Å². The predicted octanol–water partition coefficient (Wildman–Crippen LogP) is 3.20. The van der Waals surface area contributed by atoms with Crippen LogP contribution in [0.5, 0.6) is 0 Å². The third kappa shape index (κ3) is 5.00. The summed E-state index contributed by atoms with van der Waals surface area (Å²) in [5.74, 6) is 0.00409. The smallest absolute Gasteiger partial charge is 0.416 e. The van der Waals surface area contributed by atoms with E-state index in [1.54, 1.807) is 24.1 Å². The van der Waals surface area contributed by atoms with Crippen LogP contribution >= 0.6 is 12.2 Å². The summed E-state index contributed by atoms with van der Waals surface area (Å²) in [5, 5.41) is 0.206. The first-order chi connectivity index (χ1) is 15.9. The van der Waals surface area contributed by atoms with E-state index in [0.29, 0.717) is 37.6 Å². The monoisotopic (exact) mass is 478 g/mol. The fraction of sp³-hybridized carbons (Fsp3) is 0.609. The van der Waals surface area contributed by atoms with E-state index in [2.05, 4.69) is 0 Å². The Bertz CT molecular complexity index is 902. The average molecular weight is 479 g/mol. The highest BCUT2D eigenvalue weighted by Crippen LogP contribution is 2.30. The van der Waals surface area contributed by atoms with Gasteiger partial charge in [-0.2, -0.15) is 0 Å². The molecule has 3 fully saturated rings. The molecule has 1 aliphatic carbocycles. The quantitative estimate of drug-likeness (QED) is 0.616. The summed E-state index contributed by atoms with van der Waals surface area (Å²) >= 11 is 5.08. The largest absolute Gasteiger partial charge is 0.474 e. The summed E-state index contributed by atoms with van der Waals surface area (Å²) in [7, 11) is 3.13. The zero-order valence-electron chi connectivity index (χ0n) is 19.2. The number of halogens is 1. The molecule has 3 aliphatic rings. The van der Waals surface area contributed by atoms with Crippen molar-refractivity contribution in [1.29, 1.82) is 0 Å². The molecule has 0 bridgehead atoms. The van der Waals surface area contributed by atoms with Gasteiger partial charge >= 0.3 is 6.09 Å². The number of carbonyl (C=O) groups excluding carboxylic acids is 2. The minimum atomic E-state index is -0.609. The molecular formula is C23H31FN4O4S. The van der Waals surface area contributed by atoms with Gasteiger partial charge in [-0.25, -0.2) is 9.18 Å². The molecule has 4 rings (SSSR count). The Morgan fingerprint density at radius 3 is 2.52 bits per heavy atom. The number of ether oxygens (including phenoxy) is 2. The molecule has 2 saturated heterocycles. The highest BCUT2D eigenvalue weighted by Gasteiger charge is 2.36. The van der Waals surface area contributed by atoms with Crippen LogP contribution in [0, 0.1) is 11.7 Å². The van der Waals surface area contributed by atoms with E-state index in [1.165, 1.54) is 24.5 Å². The van der Waals surface area contributed by atoms with Gasteiger partial charge < -0.3 is 19.3 Å². The lowest BCUT2D eigenvalue weighted by Gasteiger charge is -2.38. The van der Waals surface area contributed by atoms with Crippen molar-refractivity contribution in [3.8, 4) is 0 Å². The molecule has 2 heterocycles. The van der Waals surface area contributed by atoms with Crippen LogP contribution in [0.2, 0.25) is 0 Å². The van der Waals surface area contributed by atoms with Crippen LogP contribution in [0.3, 0.4) is 0 Å². The number of hydrogen-bond donors (Lipinski definition) is 0. The van der Waals surface area contributed by atoms with Crippen LogP contribution in [0.4, 0.5) is 20.6 Å². The summed E-state index contributed by atoms with van der Waals surface area (Å²) < 4.78 is 25.4. The number of anilines is 2. The van der Waals surface area contributed by atoms with Gasteiger partial charge in [0.25, 0.3) is 5.17 Å². The molecule has 180 valence electrons. The van der Waals surface area contributed by atoms with Crippen LogP contribution in [0.1, 0.15) is 32.1 Å². The minimum absolute atomic E-state index is 0.155. The molecule has 1 unspecified atom stereocenters. The van der Waals surface area contributed by atoms with Gasteiger partial charge in [0.05, 0.1) is 25.0 Å². The zero-order chi connectivity index (χ0) is 23.5. The number of amides is 2. The van der Waals surface area contributed by atoms with Crippen molar-refractivity contribution in [3.63, 3.8) is 0 Å². The zero-order valence-corrected chi connectivity index (χ0v) is 20.0. The summed E-state index contributed by atoms with van der Waals surface area (Å²) in [6.07, 6.45) is 4.29. The molecule has 0 aromatic heterocycles. The highest BCUT2D eigenvalue weighted by atomic mass is 32.1. The molecule has 33 heavy (non-hydrogen) atoms. The molecule has 8 nitrogen and oxygen atoms in total. The van der Waals surface area contributed by atoms with E-state index < -0.39 is 18.1 Å². The number of piperazine rings is 1. The summed E-state index contributed by atoms with van der Waals surface area (Å²) in [6, 6.07) is 4.76. The number of benzene rings is 1. The molecule has 1 aromatic carbocycles. The molecule has 0 spiro atoms. The summed E-state index contributed by atoms with van der Waals surface area (Å²) in [5.41, 5.74) is 0.900. The van der Waals surface area contributed by atoms with Gasteiger partial charge in [-0.3, -0.25) is 14.6 Å². The Labute approximate surface area is 199 Å². The van der Waals surface area contributed by atoms with E-state index in [4.69, 9.17) is 21.7 Å². The van der Waals surface area contributed by atoms with Crippen molar-refractivity contribution in [1.82, 2.24) is 9.80 Å². The standard InChI is InChI=1S/C23H31FN4O4S/c1-25(23(33)31-2)20-15-28(22(30)32-20)17-8-9-19(18(24)14-17)26-10-12-27(13-11-26)21(29)16-6-4-3-5-7-16/h8-9,14,16,20H,3-7,10-13,15H2,1-2H3. The maximum atomic E-state index is 15.0. The van der Waals surface area contributed by atoms with Gasteiger partial charge in [0.1, 0.15) is 5.82 Å². The lowest BCUT2D eigenvalue weighted by molar-refractivity contribution is -0.136. The van der Waals surface area contributed by atoms with Crippen molar-refractivity contribution in [2.45, 2.75) is 38.3 Å². The second-order valence-electron chi connectivity index (χ2n) is 8.81. The summed E-state index contributed by atoms with van der Waals surface area (Å²) in [4.78, 5) is 32.0. The second kappa shape index (κ2) is 10.1. The van der Waals surface area contributed by atoms with Crippen LogP contribution in [-0.4, -0.2) is 80.1 Å². The van der Waals surface area contributed by atoms with E-state index in [-0.39, 0.29) is 23.5 Å². The molecule has 2 aliphatic heterocycles. The summed E-state index contributed by atoms with van der Waals surface area (Å²) in [6.45, 7) is 2.58. The molecule has 10 heteroatoms. The third-order valence-electron chi connectivity index (χ3n) is 6.82. The number of methoxy groups -OCH3 is 1. The molecular weight excluding hydrogens is 447 g/mol. The second-order valence-corrected chi connectivity index (χ2v) is 9.16. The maximum Gasteiger partial charge on any atom is 0.416 e. The molecule has 1 saturated carbocycles. The SMILES string of the molecule is COC(=S)N(C)C1CN(c2ccc(N3CCN(C(=O)C4CCCCC4)CC3)c(F)c2)C(=O)O1. The van der Waals surface area contributed by atoms with Crippen LogP contribution < -0.4 is 9.80 Å². The fourth-order valence-electron chi connectivity index (χ4n) is 4.82. The molecule has 2 amide bonds. The minimum Gasteiger partial charge on any atom is -0.474 e. The fourth-order valence-corrected chi connectivity index (χ4v) is 4.94. The lowest BCUT2D eigenvalue weighted by atomic mass is 9.88. The molecule has 0 radical (unpaired) electrons. The van der Waals surface area contributed by atoms with Crippen molar-refractivity contribution >= 4 is 40.8 Å². The number of cyclic esters (lactones) is 1. The van der Waals surface area contributed by atoms with Gasteiger partial charge in [-0.15, -0.1) is 0 Å². The Morgan fingerprint density at radius 1 is 1.18 bits per heavy atom. The molecule has 1 aromatic rings. The average Bonchev–Trinajstić information content (AvgIpc) is 3.24. The lowest BCUT2D eigenvalue weighted by Crippen LogP contribution is -2.50. The number of hydrogen-bond acceptors (Lipinski definition) is 6. The van der Waals surface area contributed by atoms with Crippen molar-refractivity contribution in [3.05, 3.63) is 24.0 Å². The van der Waals surface area contributed by atoms with Crippen LogP contribution in [-0.2, 0) is 14.3 Å². The number of carbonyl (C=O) groups is 2. The first-order valence-corrected chi connectivity index (χ1v) is 11.9. The van der Waals surface area contributed by atoms with Gasteiger partial charge in [-0.05, 0) is 43.3 Å². The highest BCUT2D eigenvalue weighted by molar-refractivity contribution is 7.80. The Kier molecular flexibility index (Phi) is 7.21. The van der Waals surface area contributed by atoms with E-state index in [0.717, 1.165) is 25.7 Å². The van der Waals surface area contributed by atoms with E-state index in [9.17, 15) is 9.59 Å². The molecule has 0 N–H and O–H groups in total. The third-order valence-corrected chi connectivity index (χ3v) is 7.27. The maximum absolute atomic E-state index is 15.0. The predicted molar refractivity (Wildman–Crippen MR) is 127 cm³/mol. The van der Waals surface area contributed by atoms with Gasteiger partial charge in [-0.1, -0.05) is 19.3 Å². The number of thiocarbonyl (C=S) groups is 1. The van der Waals surface area contributed by atoms with Crippen LogP contribution in [0.15, 0.2) is 18.2 Å². The van der Waals surface area contributed by atoms with E-state index in [1.807, 2.05) is 9.80 Å². The van der Waals surface area contributed by atoms with Crippen LogP contribution in [0.25, 0.3) is 0 Å². The first kappa shape index (κ1) is 23.5. The normalized spacial score (nSPS) is 21.7. The van der Waals surface area contributed by atoms with Gasteiger partial charge in [0, 0.05) is 39.1 Å². The Morgan fingerprint density at radius 2 is 1.88 bits per heavy atom. The Hall–Kier alpha value is -2.62. The molecule has 1 atom stereocenters. The van der Waals surface area contributed by atoms with Crippen molar-refractivity contribution < 1.29 is 23.5 Å². The van der Waals surface area contributed by atoms with Gasteiger partial charge in [0.15, 0.2) is 6.23 Å². The Balaban J connectivity index is 1.37. The first-order valence-electron chi connectivity index (χ1n) is 11.5. The number of likely N-dealkylation sites (N-methyl/N-ethyl adjacent to an activating group) is 1. The van der Waals surface area contributed by atoms with Crippen molar-refractivity contribution in [2.24, 2.45) is 5.92 Å². The van der Waals surface area contributed by atoms with Gasteiger partial charge in [0.2, 0.25) is 5.91 Å². The van der Waals surface area contributed by atoms with E-state index >= 15 is 4.39 Å². The van der Waals surface area contributed by atoms with Crippen molar-refractivity contribution in [2.75, 3.05) is 56.7 Å².